The number of hydrogen-bond donors (Lipinski definition) is 0. The van der Waals surface area contributed by atoms with Crippen LogP contribution in [0.4, 0.5) is 0 Å². The minimum Gasteiger partial charge on any atom is -0.460 e. The molecule has 1 heterocycles. The molecule has 112 valence electrons. The lowest BCUT2D eigenvalue weighted by atomic mass is 9.88. The van der Waals surface area contributed by atoms with Gasteiger partial charge in [0.05, 0.1) is 0 Å². The summed E-state index contributed by atoms with van der Waals surface area (Å²) in [6, 6.07) is 20.2. The van der Waals surface area contributed by atoms with Crippen molar-refractivity contribution in [3.63, 3.8) is 0 Å². The third-order valence-corrected chi connectivity index (χ3v) is 3.88. The van der Waals surface area contributed by atoms with Gasteiger partial charge in [0.1, 0.15) is 11.5 Å². The molecule has 22 heavy (non-hydrogen) atoms. The van der Waals surface area contributed by atoms with E-state index in [0.29, 0.717) is 0 Å². The quantitative estimate of drug-likeness (QED) is 0.522. The second-order valence-corrected chi connectivity index (χ2v) is 6.91. The molecule has 0 aliphatic rings. The van der Waals surface area contributed by atoms with E-state index < -0.39 is 0 Å². The summed E-state index contributed by atoms with van der Waals surface area (Å²) in [5.74, 6) is 1.88. The summed E-state index contributed by atoms with van der Waals surface area (Å²) in [6.07, 6.45) is 0. The first kappa shape index (κ1) is 14.9. The van der Waals surface area contributed by atoms with Gasteiger partial charge in [-0.2, -0.15) is 0 Å². The highest BCUT2D eigenvalue weighted by atomic mass is 35.5. The zero-order valence-corrected chi connectivity index (χ0v) is 13.8. The maximum Gasteiger partial charge on any atom is 0.134 e. The van der Waals surface area contributed by atoms with Crippen molar-refractivity contribution < 1.29 is 4.42 Å². The van der Waals surface area contributed by atoms with Crippen LogP contribution in [-0.2, 0) is 5.41 Å². The highest BCUT2D eigenvalue weighted by Gasteiger charge is 2.24. The highest BCUT2D eigenvalue weighted by Crippen LogP contribution is 2.39. The van der Waals surface area contributed by atoms with Gasteiger partial charge in [0, 0.05) is 21.6 Å². The van der Waals surface area contributed by atoms with E-state index >= 15 is 0 Å². The van der Waals surface area contributed by atoms with Crippen LogP contribution >= 0.6 is 11.6 Å². The molecule has 3 aromatic rings. The Bertz CT molecular complexity index is 762. The molecule has 0 saturated carbocycles. The molecular formula is C20H19ClO. The van der Waals surface area contributed by atoms with Crippen LogP contribution in [0.2, 0.25) is 5.02 Å². The van der Waals surface area contributed by atoms with E-state index in [-0.39, 0.29) is 5.41 Å². The molecule has 0 atom stereocenters. The lowest BCUT2D eigenvalue weighted by Crippen LogP contribution is -2.10. The summed E-state index contributed by atoms with van der Waals surface area (Å²) in [7, 11) is 0. The summed E-state index contributed by atoms with van der Waals surface area (Å²) >= 11 is 5.97. The number of rotatable bonds is 2. The van der Waals surface area contributed by atoms with Crippen molar-refractivity contribution in [2.45, 2.75) is 26.2 Å². The summed E-state index contributed by atoms with van der Waals surface area (Å²) in [4.78, 5) is 0. The molecule has 0 unspecified atom stereocenters. The van der Waals surface area contributed by atoms with Crippen LogP contribution in [-0.4, -0.2) is 0 Å². The van der Waals surface area contributed by atoms with Crippen LogP contribution in [0.3, 0.4) is 0 Å². The molecule has 0 saturated heterocycles. The van der Waals surface area contributed by atoms with Crippen molar-refractivity contribution in [3.8, 4) is 22.5 Å². The van der Waals surface area contributed by atoms with Crippen LogP contribution in [0, 0.1) is 0 Å². The first-order valence-electron chi connectivity index (χ1n) is 7.41. The molecule has 0 spiro atoms. The third kappa shape index (κ3) is 2.95. The van der Waals surface area contributed by atoms with E-state index in [2.05, 4.69) is 51.1 Å². The second kappa shape index (κ2) is 5.66. The predicted octanol–water partition coefficient (Wildman–Crippen LogP) is 6.56. The van der Waals surface area contributed by atoms with Gasteiger partial charge in [-0.3, -0.25) is 0 Å². The fourth-order valence-corrected chi connectivity index (χ4v) is 2.66. The largest absolute Gasteiger partial charge is 0.460 e. The maximum atomic E-state index is 6.22. The number of halogens is 1. The summed E-state index contributed by atoms with van der Waals surface area (Å²) < 4.78 is 6.22. The first-order valence-corrected chi connectivity index (χ1v) is 7.78. The lowest BCUT2D eigenvalue weighted by Gasteiger charge is -2.17. The maximum absolute atomic E-state index is 6.22. The van der Waals surface area contributed by atoms with Gasteiger partial charge in [-0.25, -0.2) is 0 Å². The molecule has 3 rings (SSSR count). The summed E-state index contributed by atoms with van der Waals surface area (Å²) in [5, 5.41) is 0.731. The zero-order chi connectivity index (χ0) is 15.7. The average molecular weight is 311 g/mol. The van der Waals surface area contributed by atoms with E-state index in [1.54, 1.807) is 0 Å². The van der Waals surface area contributed by atoms with Crippen LogP contribution in [0.5, 0.6) is 0 Å². The topological polar surface area (TPSA) is 13.1 Å². The standard InChI is InChI=1S/C20H19ClO/c1-20(2,3)19-17(14-7-5-4-6-8-14)13-18(22-19)15-9-11-16(21)12-10-15/h4-13H,1-3H3. The second-order valence-electron chi connectivity index (χ2n) is 6.48. The molecule has 2 aromatic carbocycles. The van der Waals surface area contributed by atoms with Crippen molar-refractivity contribution in [2.24, 2.45) is 0 Å². The first-order chi connectivity index (χ1) is 10.4. The molecule has 0 amide bonds. The van der Waals surface area contributed by atoms with Gasteiger partial charge in [-0.1, -0.05) is 62.7 Å². The van der Waals surface area contributed by atoms with E-state index in [9.17, 15) is 0 Å². The summed E-state index contributed by atoms with van der Waals surface area (Å²) in [6.45, 7) is 6.51. The van der Waals surface area contributed by atoms with Gasteiger partial charge < -0.3 is 4.42 Å². The fraction of sp³-hybridized carbons (Fsp3) is 0.200. The van der Waals surface area contributed by atoms with Crippen molar-refractivity contribution in [2.75, 3.05) is 0 Å². The number of furan rings is 1. The van der Waals surface area contributed by atoms with Crippen molar-refractivity contribution in [1.82, 2.24) is 0 Å². The summed E-state index contributed by atoms with van der Waals surface area (Å²) in [5.41, 5.74) is 3.31. The molecule has 2 heteroatoms. The molecule has 0 fully saturated rings. The third-order valence-electron chi connectivity index (χ3n) is 3.63. The normalized spacial score (nSPS) is 11.6. The zero-order valence-electron chi connectivity index (χ0n) is 13.1. The average Bonchev–Trinajstić information content (AvgIpc) is 2.94. The van der Waals surface area contributed by atoms with Crippen LogP contribution in [0.25, 0.3) is 22.5 Å². The SMILES string of the molecule is CC(C)(C)c1oc(-c2ccc(Cl)cc2)cc1-c1ccccc1. The van der Waals surface area contributed by atoms with Gasteiger partial charge in [0.25, 0.3) is 0 Å². The van der Waals surface area contributed by atoms with Gasteiger partial charge in [-0.15, -0.1) is 0 Å². The Hall–Kier alpha value is -1.99. The van der Waals surface area contributed by atoms with E-state index in [1.807, 2.05) is 30.3 Å². The molecule has 0 aliphatic carbocycles. The van der Waals surface area contributed by atoms with E-state index in [1.165, 1.54) is 5.56 Å². The Morgan fingerprint density at radius 3 is 2.05 bits per heavy atom. The molecule has 0 radical (unpaired) electrons. The minimum absolute atomic E-state index is 0.0597. The fourth-order valence-electron chi connectivity index (χ4n) is 2.54. The molecule has 0 N–H and O–H groups in total. The Morgan fingerprint density at radius 1 is 0.818 bits per heavy atom. The monoisotopic (exact) mass is 310 g/mol. The van der Waals surface area contributed by atoms with Gasteiger partial charge >= 0.3 is 0 Å². The Morgan fingerprint density at radius 2 is 1.45 bits per heavy atom. The van der Waals surface area contributed by atoms with Crippen molar-refractivity contribution >= 4 is 11.6 Å². The van der Waals surface area contributed by atoms with Crippen molar-refractivity contribution in [3.05, 3.63) is 71.4 Å². The Balaban J connectivity index is 2.15. The molecule has 1 nitrogen and oxygen atoms in total. The molecule has 1 aromatic heterocycles. The van der Waals surface area contributed by atoms with Crippen molar-refractivity contribution in [1.29, 1.82) is 0 Å². The Kier molecular flexibility index (Phi) is 3.84. The predicted molar refractivity (Wildman–Crippen MR) is 93.3 cm³/mol. The van der Waals surface area contributed by atoms with E-state index in [4.69, 9.17) is 16.0 Å². The van der Waals surface area contributed by atoms with Crippen LogP contribution in [0.15, 0.2) is 65.1 Å². The molecular weight excluding hydrogens is 292 g/mol. The highest BCUT2D eigenvalue weighted by molar-refractivity contribution is 6.30. The lowest BCUT2D eigenvalue weighted by molar-refractivity contribution is 0.418. The molecule has 0 bridgehead atoms. The van der Waals surface area contributed by atoms with Crippen LogP contribution in [0.1, 0.15) is 26.5 Å². The number of benzene rings is 2. The smallest absolute Gasteiger partial charge is 0.134 e. The molecule has 0 aliphatic heterocycles. The van der Waals surface area contributed by atoms with Crippen LogP contribution < -0.4 is 0 Å². The van der Waals surface area contributed by atoms with Gasteiger partial charge in [-0.05, 0) is 35.9 Å². The van der Waals surface area contributed by atoms with Gasteiger partial charge in [0.2, 0.25) is 0 Å². The minimum atomic E-state index is -0.0597. The van der Waals surface area contributed by atoms with E-state index in [0.717, 1.165) is 27.7 Å². The van der Waals surface area contributed by atoms with Gasteiger partial charge in [0.15, 0.2) is 0 Å². The number of hydrogen-bond acceptors (Lipinski definition) is 1. The Labute approximate surface area is 136 Å².